The average Bonchev–Trinajstić information content (AvgIpc) is 3.17. The van der Waals surface area contributed by atoms with Crippen molar-refractivity contribution >= 4 is 16.5 Å². The van der Waals surface area contributed by atoms with Crippen molar-refractivity contribution in [1.82, 2.24) is 10.2 Å². The minimum atomic E-state index is 0.331. The number of piperidine rings is 1. The maximum absolute atomic E-state index is 6.16. The molecule has 1 aromatic heterocycles. The average molecular weight is 380 g/mol. The molecule has 0 saturated carbocycles. The monoisotopic (exact) mass is 379 g/mol. The van der Waals surface area contributed by atoms with Crippen molar-refractivity contribution in [2.75, 3.05) is 18.0 Å². The van der Waals surface area contributed by atoms with Gasteiger partial charge in [0, 0.05) is 19.5 Å². The highest BCUT2D eigenvalue weighted by atomic mass is 32.1. The molecule has 0 atom stereocenters. The summed E-state index contributed by atoms with van der Waals surface area (Å²) in [5.74, 6) is 0. The number of benzene rings is 2. The van der Waals surface area contributed by atoms with E-state index in [1.807, 2.05) is 6.07 Å². The van der Waals surface area contributed by atoms with Crippen LogP contribution >= 0.6 is 11.3 Å². The lowest BCUT2D eigenvalue weighted by Gasteiger charge is -2.31. The normalized spacial score (nSPS) is 15.2. The second kappa shape index (κ2) is 8.63. The number of nitrogens with zero attached hydrogens (tertiary/aromatic N) is 3. The number of ether oxygens (including phenoxy) is 1. The molecule has 3 aromatic rings. The summed E-state index contributed by atoms with van der Waals surface area (Å²) in [6.45, 7) is 4.82. The van der Waals surface area contributed by atoms with Gasteiger partial charge in [0.15, 0.2) is 0 Å². The highest BCUT2D eigenvalue weighted by Gasteiger charge is 2.22. The Kier molecular flexibility index (Phi) is 5.80. The highest BCUT2D eigenvalue weighted by Crippen LogP contribution is 2.26. The van der Waals surface area contributed by atoms with Crippen LogP contribution in [0.4, 0.5) is 5.13 Å². The lowest BCUT2D eigenvalue weighted by molar-refractivity contribution is 0.0249. The van der Waals surface area contributed by atoms with Crippen molar-refractivity contribution in [2.45, 2.75) is 38.9 Å². The zero-order valence-electron chi connectivity index (χ0n) is 15.7. The van der Waals surface area contributed by atoms with Crippen molar-refractivity contribution < 1.29 is 4.74 Å². The Bertz CT molecular complexity index is 857. The van der Waals surface area contributed by atoms with Crippen LogP contribution in [0.1, 0.15) is 34.5 Å². The summed E-state index contributed by atoms with van der Waals surface area (Å²) in [6, 6.07) is 18.9. The minimum absolute atomic E-state index is 0.331. The molecule has 1 aliphatic rings. The number of hydrogen-bond donors (Lipinski definition) is 0. The Morgan fingerprint density at radius 2 is 1.74 bits per heavy atom. The third kappa shape index (κ3) is 4.73. The van der Waals surface area contributed by atoms with Gasteiger partial charge < -0.3 is 9.64 Å². The third-order valence-corrected chi connectivity index (χ3v) is 6.09. The zero-order valence-corrected chi connectivity index (χ0v) is 16.5. The molecule has 1 saturated heterocycles. The van der Waals surface area contributed by atoms with Crippen LogP contribution in [0, 0.1) is 6.92 Å². The van der Waals surface area contributed by atoms with Crippen LogP contribution < -0.4 is 4.90 Å². The fourth-order valence-corrected chi connectivity index (χ4v) is 4.33. The number of aryl methyl sites for hydroxylation is 1. The molecular formula is C22H25N3OS. The minimum Gasteiger partial charge on any atom is -0.373 e. The van der Waals surface area contributed by atoms with Gasteiger partial charge in [-0.3, -0.25) is 0 Å². The molecule has 0 N–H and O–H groups in total. The number of aromatic nitrogens is 2. The third-order valence-electron chi connectivity index (χ3n) is 5.10. The second-order valence-electron chi connectivity index (χ2n) is 7.06. The molecule has 0 unspecified atom stereocenters. The van der Waals surface area contributed by atoms with E-state index in [9.17, 15) is 0 Å². The fraction of sp³-hybridized carbons (Fsp3) is 0.364. The van der Waals surface area contributed by atoms with Crippen molar-refractivity contribution in [3.8, 4) is 0 Å². The van der Waals surface area contributed by atoms with Crippen LogP contribution in [0.25, 0.3) is 0 Å². The number of anilines is 1. The second-order valence-corrected chi connectivity index (χ2v) is 8.11. The topological polar surface area (TPSA) is 38.2 Å². The zero-order chi connectivity index (χ0) is 18.5. The lowest BCUT2D eigenvalue weighted by Crippen LogP contribution is -2.37. The smallest absolute Gasteiger partial charge is 0.208 e. The van der Waals surface area contributed by atoms with Crippen LogP contribution in [0.3, 0.4) is 0 Å². The van der Waals surface area contributed by atoms with E-state index in [0.717, 1.165) is 42.5 Å². The molecule has 140 valence electrons. The van der Waals surface area contributed by atoms with E-state index >= 15 is 0 Å². The Hall–Kier alpha value is -2.24. The molecule has 27 heavy (non-hydrogen) atoms. The van der Waals surface area contributed by atoms with Crippen molar-refractivity contribution in [3.63, 3.8) is 0 Å². The molecule has 2 heterocycles. The maximum atomic E-state index is 6.16. The first-order chi connectivity index (χ1) is 13.3. The predicted octanol–water partition coefficient (Wildman–Crippen LogP) is 4.62. The van der Waals surface area contributed by atoms with E-state index in [0.29, 0.717) is 12.7 Å². The lowest BCUT2D eigenvalue weighted by atomic mass is 10.1. The summed E-state index contributed by atoms with van der Waals surface area (Å²) in [7, 11) is 0. The summed E-state index contributed by atoms with van der Waals surface area (Å²) in [5, 5.41) is 10.9. The van der Waals surface area contributed by atoms with Crippen molar-refractivity contribution in [3.05, 3.63) is 76.3 Å². The Labute approximate surface area is 164 Å². The summed E-state index contributed by atoms with van der Waals surface area (Å²) < 4.78 is 6.16. The quantitative estimate of drug-likeness (QED) is 0.626. The van der Waals surface area contributed by atoms with Crippen molar-refractivity contribution in [2.24, 2.45) is 0 Å². The van der Waals surface area contributed by atoms with Crippen LogP contribution in [0.2, 0.25) is 0 Å². The van der Waals surface area contributed by atoms with E-state index in [4.69, 9.17) is 4.74 Å². The molecular weight excluding hydrogens is 354 g/mol. The first kappa shape index (κ1) is 18.1. The number of rotatable bonds is 6. The first-order valence-corrected chi connectivity index (χ1v) is 10.4. The van der Waals surface area contributed by atoms with E-state index in [1.165, 1.54) is 16.7 Å². The summed E-state index contributed by atoms with van der Waals surface area (Å²) in [5.41, 5.74) is 3.87. The van der Waals surface area contributed by atoms with E-state index in [1.54, 1.807) is 11.3 Å². The van der Waals surface area contributed by atoms with Crippen LogP contribution in [0.15, 0.2) is 54.6 Å². The van der Waals surface area contributed by atoms with Crippen molar-refractivity contribution in [1.29, 1.82) is 0 Å². The van der Waals surface area contributed by atoms with Gasteiger partial charge in [0.25, 0.3) is 0 Å². The first-order valence-electron chi connectivity index (χ1n) is 9.55. The predicted molar refractivity (Wildman–Crippen MR) is 110 cm³/mol. The van der Waals surface area contributed by atoms with Gasteiger partial charge in [-0.05, 0) is 36.5 Å². The Balaban J connectivity index is 1.27. The molecule has 4 nitrogen and oxygen atoms in total. The molecule has 4 rings (SSSR count). The Morgan fingerprint density at radius 3 is 2.52 bits per heavy atom. The van der Waals surface area contributed by atoms with E-state index in [-0.39, 0.29) is 0 Å². The number of hydrogen-bond acceptors (Lipinski definition) is 5. The molecule has 1 fully saturated rings. The maximum Gasteiger partial charge on any atom is 0.208 e. The summed E-state index contributed by atoms with van der Waals surface area (Å²) in [6.07, 6.45) is 3.27. The van der Waals surface area contributed by atoms with Gasteiger partial charge in [0.05, 0.1) is 12.7 Å². The molecule has 0 amide bonds. The molecule has 0 bridgehead atoms. The van der Waals surface area contributed by atoms with Crippen LogP contribution in [-0.4, -0.2) is 29.4 Å². The van der Waals surface area contributed by atoms with Crippen LogP contribution in [0.5, 0.6) is 0 Å². The fourth-order valence-electron chi connectivity index (χ4n) is 3.41. The van der Waals surface area contributed by atoms with Gasteiger partial charge >= 0.3 is 0 Å². The Morgan fingerprint density at radius 1 is 1.00 bits per heavy atom. The van der Waals surface area contributed by atoms with Crippen LogP contribution in [-0.2, 0) is 17.8 Å². The van der Waals surface area contributed by atoms with E-state index in [2.05, 4.69) is 70.6 Å². The molecule has 0 radical (unpaired) electrons. The van der Waals surface area contributed by atoms with Gasteiger partial charge in [-0.2, -0.15) is 0 Å². The van der Waals surface area contributed by atoms with Gasteiger partial charge in [0.1, 0.15) is 5.01 Å². The van der Waals surface area contributed by atoms with Gasteiger partial charge in [-0.1, -0.05) is 65.9 Å². The highest BCUT2D eigenvalue weighted by molar-refractivity contribution is 7.15. The molecule has 0 aliphatic carbocycles. The van der Waals surface area contributed by atoms with Gasteiger partial charge in [-0.25, -0.2) is 0 Å². The summed E-state index contributed by atoms with van der Waals surface area (Å²) >= 11 is 1.71. The molecule has 2 aromatic carbocycles. The molecule has 0 spiro atoms. The largest absolute Gasteiger partial charge is 0.373 e. The molecule has 5 heteroatoms. The summed E-state index contributed by atoms with van der Waals surface area (Å²) in [4.78, 5) is 2.35. The SMILES string of the molecule is Cc1ccccc1COC1CCN(c2nnc(Cc3ccccc3)s2)CC1. The molecule has 1 aliphatic heterocycles. The van der Waals surface area contributed by atoms with Gasteiger partial charge in [0.2, 0.25) is 5.13 Å². The van der Waals surface area contributed by atoms with Gasteiger partial charge in [-0.15, -0.1) is 10.2 Å². The van der Waals surface area contributed by atoms with E-state index < -0.39 is 0 Å². The standard InChI is InChI=1S/C22H25N3OS/c1-17-7-5-6-10-19(17)16-26-20-11-13-25(14-12-20)22-24-23-21(27-22)15-18-8-3-2-4-9-18/h2-10,20H,11-16H2,1H3.